The summed E-state index contributed by atoms with van der Waals surface area (Å²) in [7, 11) is 0. The van der Waals surface area contributed by atoms with Crippen LogP contribution in [0.1, 0.15) is 32.6 Å². The monoisotopic (exact) mass is 206 g/mol. The molecule has 2 nitrogen and oxygen atoms in total. The molecule has 82 valence electrons. The summed E-state index contributed by atoms with van der Waals surface area (Å²) in [6.07, 6.45) is 3.76. The van der Waals surface area contributed by atoms with E-state index in [1.165, 1.54) is 0 Å². The molecule has 0 aliphatic rings. The number of carbonyl (C=O) groups excluding carboxylic acids is 1. The fourth-order valence-electron chi connectivity index (χ4n) is 1.36. The molecular formula is C13H18O2. The maximum atomic E-state index is 10.7. The Bertz CT molecular complexity index is 280. The summed E-state index contributed by atoms with van der Waals surface area (Å²) in [4.78, 5) is 10.7. The minimum absolute atomic E-state index is 0.277. The van der Waals surface area contributed by atoms with Crippen molar-refractivity contribution in [1.82, 2.24) is 0 Å². The van der Waals surface area contributed by atoms with Gasteiger partial charge in [0, 0.05) is 6.42 Å². The van der Waals surface area contributed by atoms with Gasteiger partial charge >= 0.3 is 0 Å². The molecule has 0 saturated heterocycles. The van der Waals surface area contributed by atoms with Crippen LogP contribution >= 0.6 is 0 Å². The fraction of sp³-hybridized carbons (Fsp3) is 0.462. The molecule has 0 unspecified atom stereocenters. The van der Waals surface area contributed by atoms with E-state index in [2.05, 4.69) is 0 Å². The van der Waals surface area contributed by atoms with E-state index in [1.807, 2.05) is 30.3 Å². The predicted octanol–water partition coefficient (Wildman–Crippen LogP) is 3.21. The van der Waals surface area contributed by atoms with Crippen molar-refractivity contribution in [2.24, 2.45) is 0 Å². The molecule has 2 heteroatoms. The maximum Gasteiger partial charge on any atom is 0.129 e. The number of hydrogen-bond acceptors (Lipinski definition) is 2. The molecular weight excluding hydrogens is 188 g/mol. The van der Waals surface area contributed by atoms with Crippen molar-refractivity contribution in [2.45, 2.75) is 32.6 Å². The van der Waals surface area contributed by atoms with E-state index >= 15 is 0 Å². The lowest BCUT2D eigenvalue weighted by Crippen LogP contribution is -1.97. The van der Waals surface area contributed by atoms with Crippen LogP contribution < -0.4 is 4.74 Å². The minimum atomic E-state index is 0.277. The zero-order chi connectivity index (χ0) is 10.9. The highest BCUT2D eigenvalue weighted by Gasteiger charge is 1.95. The molecule has 0 heterocycles. The molecule has 0 fully saturated rings. The van der Waals surface area contributed by atoms with Crippen molar-refractivity contribution >= 4 is 5.78 Å². The first-order valence-corrected chi connectivity index (χ1v) is 5.46. The highest BCUT2D eigenvalue weighted by Crippen LogP contribution is 2.09. The van der Waals surface area contributed by atoms with Crippen LogP contribution in [0.3, 0.4) is 0 Å². The summed E-state index contributed by atoms with van der Waals surface area (Å²) in [6, 6.07) is 9.81. The van der Waals surface area contributed by atoms with Crippen LogP contribution in [0.15, 0.2) is 30.3 Å². The van der Waals surface area contributed by atoms with Gasteiger partial charge in [-0.2, -0.15) is 0 Å². The maximum absolute atomic E-state index is 10.7. The number of carbonyl (C=O) groups is 1. The van der Waals surface area contributed by atoms with Crippen LogP contribution in [-0.4, -0.2) is 12.4 Å². The van der Waals surface area contributed by atoms with Gasteiger partial charge in [0.25, 0.3) is 0 Å². The van der Waals surface area contributed by atoms with Gasteiger partial charge in [0.15, 0.2) is 0 Å². The lowest BCUT2D eigenvalue weighted by Gasteiger charge is -2.04. The largest absolute Gasteiger partial charge is 0.494 e. The van der Waals surface area contributed by atoms with E-state index in [-0.39, 0.29) is 5.78 Å². The van der Waals surface area contributed by atoms with Gasteiger partial charge in [-0.25, -0.2) is 0 Å². The first-order valence-electron chi connectivity index (χ1n) is 5.46. The third-order valence-electron chi connectivity index (χ3n) is 2.19. The topological polar surface area (TPSA) is 26.3 Å². The number of ketones is 1. The van der Waals surface area contributed by atoms with Crippen molar-refractivity contribution < 1.29 is 9.53 Å². The summed E-state index contributed by atoms with van der Waals surface area (Å²) in [6.45, 7) is 2.38. The lowest BCUT2D eigenvalue weighted by atomic mass is 10.1. The number of benzene rings is 1. The quantitative estimate of drug-likeness (QED) is 0.640. The SMILES string of the molecule is CC(=O)CCCCCOc1ccccc1. The zero-order valence-corrected chi connectivity index (χ0v) is 9.24. The molecule has 0 aromatic heterocycles. The average Bonchev–Trinajstić information content (AvgIpc) is 2.24. The Morgan fingerprint density at radius 3 is 2.53 bits per heavy atom. The molecule has 15 heavy (non-hydrogen) atoms. The Kier molecular flexibility index (Phi) is 5.52. The number of ether oxygens (including phenoxy) is 1. The highest BCUT2D eigenvalue weighted by atomic mass is 16.5. The third kappa shape index (κ3) is 5.89. The number of unbranched alkanes of at least 4 members (excludes halogenated alkanes) is 2. The Labute approximate surface area is 91.3 Å². The Balaban J connectivity index is 2.00. The van der Waals surface area contributed by atoms with Crippen LogP contribution in [0.5, 0.6) is 5.75 Å². The first kappa shape index (κ1) is 11.8. The van der Waals surface area contributed by atoms with Crippen molar-refractivity contribution in [3.63, 3.8) is 0 Å². The lowest BCUT2D eigenvalue weighted by molar-refractivity contribution is -0.117. The van der Waals surface area contributed by atoms with Crippen molar-refractivity contribution in [3.8, 4) is 5.75 Å². The molecule has 0 amide bonds. The van der Waals surface area contributed by atoms with Crippen LogP contribution in [0.2, 0.25) is 0 Å². The van der Waals surface area contributed by atoms with E-state index in [1.54, 1.807) is 6.92 Å². The van der Waals surface area contributed by atoms with Gasteiger partial charge in [0.1, 0.15) is 11.5 Å². The molecule has 0 spiro atoms. The van der Waals surface area contributed by atoms with Crippen LogP contribution in [-0.2, 0) is 4.79 Å². The predicted molar refractivity (Wildman–Crippen MR) is 61.1 cm³/mol. The third-order valence-corrected chi connectivity index (χ3v) is 2.19. The smallest absolute Gasteiger partial charge is 0.129 e. The normalized spacial score (nSPS) is 9.93. The molecule has 0 saturated carbocycles. The van der Waals surface area contributed by atoms with E-state index in [0.717, 1.165) is 31.6 Å². The number of hydrogen-bond donors (Lipinski definition) is 0. The van der Waals surface area contributed by atoms with E-state index < -0.39 is 0 Å². The fourth-order valence-corrected chi connectivity index (χ4v) is 1.36. The van der Waals surface area contributed by atoms with Gasteiger partial charge in [-0.15, -0.1) is 0 Å². The summed E-state index contributed by atoms with van der Waals surface area (Å²) < 4.78 is 5.53. The summed E-state index contributed by atoms with van der Waals surface area (Å²) in [5.74, 6) is 1.20. The molecule has 1 rings (SSSR count). The van der Waals surface area contributed by atoms with E-state index in [0.29, 0.717) is 6.42 Å². The second-order valence-corrected chi connectivity index (χ2v) is 3.67. The first-order chi connectivity index (χ1) is 7.29. The molecule has 0 aliphatic carbocycles. The van der Waals surface area contributed by atoms with Crippen LogP contribution in [0.4, 0.5) is 0 Å². The van der Waals surface area contributed by atoms with Gasteiger partial charge in [-0.1, -0.05) is 18.2 Å². The number of Topliss-reactive ketones (excluding diaryl/α,β-unsaturated/α-hetero) is 1. The van der Waals surface area contributed by atoms with E-state index in [4.69, 9.17) is 4.74 Å². The van der Waals surface area contributed by atoms with Crippen molar-refractivity contribution in [2.75, 3.05) is 6.61 Å². The standard InChI is InChI=1S/C13H18O2/c1-12(14)8-4-3-7-11-15-13-9-5-2-6-10-13/h2,5-6,9-10H,3-4,7-8,11H2,1H3. The van der Waals surface area contributed by atoms with Crippen molar-refractivity contribution in [3.05, 3.63) is 30.3 Å². The van der Waals surface area contributed by atoms with Crippen molar-refractivity contribution in [1.29, 1.82) is 0 Å². The zero-order valence-electron chi connectivity index (χ0n) is 9.24. The van der Waals surface area contributed by atoms with Gasteiger partial charge in [-0.05, 0) is 38.3 Å². The van der Waals surface area contributed by atoms with Gasteiger partial charge in [0.05, 0.1) is 6.61 Å². The molecule has 0 atom stereocenters. The summed E-state index contributed by atoms with van der Waals surface area (Å²) in [5.41, 5.74) is 0. The Morgan fingerprint density at radius 2 is 1.87 bits per heavy atom. The van der Waals surface area contributed by atoms with Crippen LogP contribution in [0.25, 0.3) is 0 Å². The molecule has 0 radical (unpaired) electrons. The summed E-state index contributed by atoms with van der Waals surface area (Å²) >= 11 is 0. The van der Waals surface area contributed by atoms with Crippen LogP contribution in [0, 0.1) is 0 Å². The second kappa shape index (κ2) is 7.04. The summed E-state index contributed by atoms with van der Waals surface area (Å²) in [5, 5.41) is 0. The molecule has 0 aliphatic heterocycles. The molecule has 1 aromatic rings. The number of rotatable bonds is 7. The molecule has 0 N–H and O–H groups in total. The van der Waals surface area contributed by atoms with Gasteiger partial charge < -0.3 is 9.53 Å². The van der Waals surface area contributed by atoms with Gasteiger partial charge in [0.2, 0.25) is 0 Å². The Morgan fingerprint density at radius 1 is 1.13 bits per heavy atom. The highest BCUT2D eigenvalue weighted by molar-refractivity contribution is 5.75. The Hall–Kier alpha value is -1.31. The van der Waals surface area contributed by atoms with E-state index in [9.17, 15) is 4.79 Å². The average molecular weight is 206 g/mol. The molecule has 1 aromatic carbocycles. The number of para-hydroxylation sites is 1. The van der Waals surface area contributed by atoms with Gasteiger partial charge in [-0.3, -0.25) is 0 Å². The second-order valence-electron chi connectivity index (χ2n) is 3.67. The minimum Gasteiger partial charge on any atom is -0.494 e. The molecule has 0 bridgehead atoms.